The predicted octanol–water partition coefficient (Wildman–Crippen LogP) is 2.80. The van der Waals surface area contributed by atoms with Gasteiger partial charge in [-0.05, 0) is 40.3 Å². The quantitative estimate of drug-likeness (QED) is 0.510. The number of nitrogens with zero attached hydrogens (tertiary/aromatic N) is 1. The fraction of sp³-hybridized carbons (Fsp3) is 0.111. The van der Waals surface area contributed by atoms with E-state index in [-0.39, 0.29) is 9.26 Å². The van der Waals surface area contributed by atoms with Gasteiger partial charge >= 0.3 is 12.1 Å². The topological polar surface area (TPSA) is 50.2 Å². The zero-order chi connectivity index (χ0) is 12.3. The molecule has 0 radical (unpaired) electrons. The molecule has 1 N–H and O–H groups in total. The summed E-state index contributed by atoms with van der Waals surface area (Å²) in [5.41, 5.74) is -1.14. The van der Waals surface area contributed by atoms with Crippen LogP contribution in [0.25, 0.3) is 6.08 Å². The zero-order valence-corrected chi connectivity index (χ0v) is 9.78. The van der Waals surface area contributed by atoms with E-state index >= 15 is 0 Å². The normalized spacial score (nSPS) is 12.0. The van der Waals surface area contributed by atoms with Crippen molar-refractivity contribution >= 4 is 34.6 Å². The Morgan fingerprint density at radius 1 is 1.50 bits per heavy atom. The van der Waals surface area contributed by atoms with Crippen molar-refractivity contribution < 1.29 is 23.1 Å². The Kier molecular flexibility index (Phi) is 3.89. The fourth-order valence-corrected chi connectivity index (χ4v) is 1.81. The highest BCUT2D eigenvalue weighted by molar-refractivity contribution is 14.1. The second-order valence-electron chi connectivity index (χ2n) is 2.74. The summed E-state index contributed by atoms with van der Waals surface area (Å²) < 4.78 is 37.6. The average Bonchev–Trinajstić information content (AvgIpc) is 2.12. The smallest absolute Gasteiger partial charge is 0.419 e. The number of alkyl halides is 3. The van der Waals surface area contributed by atoms with Crippen LogP contribution in [-0.2, 0) is 11.0 Å². The third kappa shape index (κ3) is 3.19. The van der Waals surface area contributed by atoms with Crippen molar-refractivity contribution in [3.63, 3.8) is 0 Å². The summed E-state index contributed by atoms with van der Waals surface area (Å²) in [5, 5.41) is 8.35. The van der Waals surface area contributed by atoms with E-state index in [1.807, 2.05) is 0 Å². The largest absolute Gasteiger partial charge is 0.478 e. The number of carboxylic acids is 1. The monoisotopic (exact) mass is 343 g/mol. The third-order valence-corrected chi connectivity index (χ3v) is 2.44. The van der Waals surface area contributed by atoms with Gasteiger partial charge in [-0.2, -0.15) is 13.2 Å². The highest BCUT2D eigenvalue weighted by atomic mass is 127. The number of hydrogen-bond acceptors (Lipinski definition) is 2. The van der Waals surface area contributed by atoms with Gasteiger partial charge in [-0.1, -0.05) is 0 Å². The van der Waals surface area contributed by atoms with Gasteiger partial charge in [0.15, 0.2) is 0 Å². The molecule has 16 heavy (non-hydrogen) atoms. The molecule has 0 amide bonds. The summed E-state index contributed by atoms with van der Waals surface area (Å²) in [6, 6.07) is 1.12. The maximum atomic E-state index is 12.6. The lowest BCUT2D eigenvalue weighted by Gasteiger charge is -2.11. The van der Waals surface area contributed by atoms with Crippen molar-refractivity contribution in [1.29, 1.82) is 0 Å². The highest BCUT2D eigenvalue weighted by Crippen LogP contribution is 2.34. The van der Waals surface area contributed by atoms with Crippen LogP contribution in [-0.4, -0.2) is 16.1 Å². The van der Waals surface area contributed by atoms with Crippen LogP contribution in [0.3, 0.4) is 0 Å². The molecule has 0 unspecified atom stereocenters. The van der Waals surface area contributed by atoms with E-state index in [2.05, 4.69) is 4.98 Å². The Labute approximate surface area is 102 Å². The molecule has 1 heterocycles. The van der Waals surface area contributed by atoms with E-state index in [1.54, 1.807) is 0 Å². The van der Waals surface area contributed by atoms with Gasteiger partial charge in [0.25, 0.3) is 0 Å². The van der Waals surface area contributed by atoms with Crippen molar-refractivity contribution in [1.82, 2.24) is 4.98 Å². The maximum Gasteiger partial charge on any atom is 0.419 e. The van der Waals surface area contributed by atoms with Crippen LogP contribution in [0.2, 0.25) is 0 Å². The lowest BCUT2D eigenvalue weighted by Crippen LogP contribution is -2.11. The molecule has 7 heteroatoms. The van der Waals surface area contributed by atoms with Crippen LogP contribution in [0.4, 0.5) is 13.2 Å². The van der Waals surface area contributed by atoms with Crippen molar-refractivity contribution in [2.75, 3.05) is 0 Å². The van der Waals surface area contributed by atoms with E-state index in [0.717, 1.165) is 12.1 Å². The Balaban J connectivity index is 3.29. The SMILES string of the molecule is O=C(O)/C=C/c1ccnc(I)c1C(F)(F)F. The molecular weight excluding hydrogens is 338 g/mol. The molecule has 0 atom stereocenters. The van der Waals surface area contributed by atoms with Gasteiger partial charge in [0.05, 0.1) is 5.56 Å². The van der Waals surface area contributed by atoms with Crippen molar-refractivity contribution in [2.45, 2.75) is 6.18 Å². The first kappa shape index (κ1) is 12.9. The first-order valence-electron chi connectivity index (χ1n) is 3.95. The lowest BCUT2D eigenvalue weighted by atomic mass is 10.1. The minimum absolute atomic E-state index is 0.211. The van der Waals surface area contributed by atoms with E-state index in [0.29, 0.717) is 6.08 Å². The molecule has 0 saturated carbocycles. The van der Waals surface area contributed by atoms with Gasteiger partial charge in [0.2, 0.25) is 0 Å². The van der Waals surface area contributed by atoms with Crippen molar-refractivity contribution in [3.05, 3.63) is 33.2 Å². The number of rotatable bonds is 2. The minimum atomic E-state index is -4.55. The summed E-state index contributed by atoms with van der Waals surface area (Å²) in [6.45, 7) is 0. The summed E-state index contributed by atoms with van der Waals surface area (Å²) in [6.07, 6.45) is -1.81. The summed E-state index contributed by atoms with van der Waals surface area (Å²) in [5.74, 6) is -1.31. The first-order chi connectivity index (χ1) is 7.32. The summed E-state index contributed by atoms with van der Waals surface area (Å²) in [7, 11) is 0. The molecule has 0 aliphatic heterocycles. The molecule has 0 aliphatic carbocycles. The molecule has 86 valence electrons. The van der Waals surface area contributed by atoms with Crippen molar-refractivity contribution in [3.8, 4) is 0 Å². The Bertz CT molecular complexity index is 443. The number of carbonyl (C=O) groups is 1. The predicted molar refractivity (Wildman–Crippen MR) is 58.6 cm³/mol. The molecule has 0 spiro atoms. The highest BCUT2D eigenvalue weighted by Gasteiger charge is 2.35. The molecule has 0 saturated heterocycles. The molecule has 1 aromatic rings. The summed E-state index contributed by atoms with van der Waals surface area (Å²) >= 11 is 1.46. The van der Waals surface area contributed by atoms with Gasteiger partial charge in [-0.15, -0.1) is 0 Å². The standard InChI is InChI=1S/C9H5F3INO2/c10-9(11,12)7-5(1-2-6(15)16)3-4-14-8(7)13/h1-4H,(H,15,16)/b2-1+. The Hall–Kier alpha value is -1.12. The van der Waals surface area contributed by atoms with Crippen LogP contribution >= 0.6 is 22.6 Å². The van der Waals surface area contributed by atoms with Crippen LogP contribution in [0.1, 0.15) is 11.1 Å². The minimum Gasteiger partial charge on any atom is -0.478 e. The first-order valence-corrected chi connectivity index (χ1v) is 5.03. The van der Waals surface area contributed by atoms with Crippen LogP contribution in [0, 0.1) is 3.70 Å². The van der Waals surface area contributed by atoms with E-state index < -0.39 is 17.7 Å². The van der Waals surface area contributed by atoms with E-state index in [9.17, 15) is 18.0 Å². The van der Waals surface area contributed by atoms with Gasteiger partial charge in [0, 0.05) is 12.3 Å². The van der Waals surface area contributed by atoms with Crippen LogP contribution in [0.15, 0.2) is 18.3 Å². The molecule has 0 fully saturated rings. The Morgan fingerprint density at radius 3 is 2.62 bits per heavy atom. The van der Waals surface area contributed by atoms with Gasteiger partial charge in [-0.3, -0.25) is 0 Å². The van der Waals surface area contributed by atoms with Gasteiger partial charge in [-0.25, -0.2) is 9.78 Å². The third-order valence-electron chi connectivity index (χ3n) is 1.63. The number of aromatic nitrogens is 1. The second-order valence-corrected chi connectivity index (χ2v) is 3.76. The molecule has 0 bridgehead atoms. The fourth-order valence-electron chi connectivity index (χ4n) is 1.03. The number of hydrogen-bond donors (Lipinski definition) is 1. The molecular formula is C9H5F3INO2. The van der Waals surface area contributed by atoms with Crippen LogP contribution in [0.5, 0.6) is 0 Å². The number of aliphatic carboxylic acids is 1. The lowest BCUT2D eigenvalue weighted by molar-refractivity contribution is -0.138. The zero-order valence-electron chi connectivity index (χ0n) is 7.62. The molecule has 1 aromatic heterocycles. The van der Waals surface area contributed by atoms with Crippen molar-refractivity contribution in [2.24, 2.45) is 0 Å². The summed E-state index contributed by atoms with van der Waals surface area (Å²) in [4.78, 5) is 13.8. The molecule has 3 nitrogen and oxygen atoms in total. The number of pyridine rings is 1. The molecule has 1 rings (SSSR count). The second kappa shape index (κ2) is 4.81. The van der Waals surface area contributed by atoms with Gasteiger partial charge < -0.3 is 5.11 Å². The van der Waals surface area contributed by atoms with Crippen LogP contribution < -0.4 is 0 Å². The average molecular weight is 343 g/mol. The maximum absolute atomic E-state index is 12.6. The Morgan fingerprint density at radius 2 is 2.12 bits per heavy atom. The molecule has 0 aliphatic rings. The van der Waals surface area contributed by atoms with E-state index in [4.69, 9.17) is 5.11 Å². The van der Waals surface area contributed by atoms with E-state index in [1.165, 1.54) is 28.8 Å². The number of halogens is 4. The number of carboxylic acid groups (broad SMARTS) is 1. The van der Waals surface area contributed by atoms with Gasteiger partial charge in [0.1, 0.15) is 3.70 Å². The molecule has 0 aromatic carbocycles.